The Bertz CT molecular complexity index is 898. The predicted octanol–water partition coefficient (Wildman–Crippen LogP) is 2.71. The maximum atomic E-state index is 12.3. The van der Waals surface area contributed by atoms with Crippen LogP contribution in [-0.4, -0.2) is 37.7 Å². The first-order valence-corrected chi connectivity index (χ1v) is 9.39. The monoisotopic (exact) mass is 355 g/mol. The summed E-state index contributed by atoms with van der Waals surface area (Å²) in [6.45, 7) is 4.94. The second-order valence-electron chi connectivity index (χ2n) is 6.48. The zero-order valence-electron chi connectivity index (χ0n) is 14.2. The number of piperidine rings is 1. The standard InChI is InChI=1S/C18H21N5OS/c1-13-19-10-16(25-13)12-22-9-5-6-14(11-22)17-20-21-18(24)23(17)15-7-3-2-4-8-15/h2-4,7-8,10,14H,5-6,9,11-12H2,1H3,(H,21,24)/t14-/m0/s1. The Hall–Kier alpha value is -2.25. The van der Waals surface area contributed by atoms with Crippen molar-refractivity contribution >= 4 is 11.3 Å². The fourth-order valence-corrected chi connectivity index (χ4v) is 4.36. The number of aromatic amines is 1. The number of H-pyrrole nitrogens is 1. The summed E-state index contributed by atoms with van der Waals surface area (Å²) < 4.78 is 1.71. The summed E-state index contributed by atoms with van der Waals surface area (Å²) in [5.41, 5.74) is 0.697. The van der Waals surface area contributed by atoms with E-state index in [1.807, 2.05) is 43.5 Å². The summed E-state index contributed by atoms with van der Waals surface area (Å²) in [4.78, 5) is 20.4. The van der Waals surface area contributed by atoms with Gasteiger partial charge in [0.25, 0.3) is 0 Å². The molecule has 3 heterocycles. The molecule has 6 nitrogen and oxygen atoms in total. The molecule has 25 heavy (non-hydrogen) atoms. The smallest absolute Gasteiger partial charge is 0.297 e. The molecule has 0 radical (unpaired) electrons. The number of aryl methyl sites for hydroxylation is 1. The molecule has 0 amide bonds. The zero-order chi connectivity index (χ0) is 17.2. The first kappa shape index (κ1) is 16.2. The van der Waals surface area contributed by atoms with E-state index in [1.54, 1.807) is 15.9 Å². The summed E-state index contributed by atoms with van der Waals surface area (Å²) in [6.07, 6.45) is 4.13. The van der Waals surface area contributed by atoms with E-state index >= 15 is 0 Å². The predicted molar refractivity (Wildman–Crippen MR) is 98.3 cm³/mol. The third-order valence-corrected chi connectivity index (χ3v) is 5.53. The van der Waals surface area contributed by atoms with Crippen LogP contribution in [0.5, 0.6) is 0 Å². The van der Waals surface area contributed by atoms with Gasteiger partial charge in [-0.1, -0.05) is 18.2 Å². The summed E-state index contributed by atoms with van der Waals surface area (Å²) >= 11 is 1.75. The lowest BCUT2D eigenvalue weighted by Crippen LogP contribution is -2.35. The molecule has 1 aromatic carbocycles. The van der Waals surface area contributed by atoms with Crippen LogP contribution in [0.25, 0.3) is 5.69 Å². The maximum Gasteiger partial charge on any atom is 0.347 e. The first-order chi connectivity index (χ1) is 12.2. The molecule has 0 aliphatic carbocycles. The van der Waals surface area contributed by atoms with Crippen LogP contribution < -0.4 is 5.69 Å². The largest absolute Gasteiger partial charge is 0.347 e. The molecular weight excluding hydrogens is 334 g/mol. The maximum absolute atomic E-state index is 12.3. The number of nitrogens with one attached hydrogen (secondary N) is 1. The molecule has 4 rings (SSSR count). The van der Waals surface area contributed by atoms with Crippen molar-refractivity contribution in [3.05, 3.63) is 62.7 Å². The van der Waals surface area contributed by atoms with Crippen molar-refractivity contribution in [2.45, 2.75) is 32.2 Å². The van der Waals surface area contributed by atoms with Crippen molar-refractivity contribution in [1.82, 2.24) is 24.6 Å². The minimum atomic E-state index is -0.170. The summed E-state index contributed by atoms with van der Waals surface area (Å²) in [7, 11) is 0. The Kier molecular flexibility index (Phi) is 4.50. The van der Waals surface area contributed by atoms with Crippen LogP contribution >= 0.6 is 11.3 Å². The molecule has 0 saturated carbocycles. The van der Waals surface area contributed by atoms with Gasteiger partial charge in [0.15, 0.2) is 0 Å². The fraction of sp³-hybridized carbons (Fsp3) is 0.389. The number of likely N-dealkylation sites (tertiary alicyclic amines) is 1. The summed E-state index contributed by atoms with van der Waals surface area (Å²) in [5, 5.41) is 8.09. The third kappa shape index (κ3) is 3.43. The van der Waals surface area contributed by atoms with E-state index in [0.29, 0.717) is 0 Å². The Labute approximate surface area is 150 Å². The molecule has 0 bridgehead atoms. The molecule has 1 aliphatic heterocycles. The van der Waals surface area contributed by atoms with Crippen LogP contribution in [0.1, 0.15) is 34.5 Å². The highest BCUT2D eigenvalue weighted by atomic mass is 32.1. The van der Waals surface area contributed by atoms with Gasteiger partial charge in [0.05, 0.1) is 10.7 Å². The number of aromatic nitrogens is 4. The molecule has 1 atom stereocenters. The molecule has 0 spiro atoms. The van der Waals surface area contributed by atoms with Crippen LogP contribution in [-0.2, 0) is 6.54 Å². The molecule has 1 saturated heterocycles. The van der Waals surface area contributed by atoms with Gasteiger partial charge in [0.2, 0.25) is 0 Å². The number of benzene rings is 1. The number of thiazole rings is 1. The molecular formula is C18H21N5OS. The van der Waals surface area contributed by atoms with Crippen molar-refractivity contribution in [2.24, 2.45) is 0 Å². The van der Waals surface area contributed by atoms with E-state index < -0.39 is 0 Å². The van der Waals surface area contributed by atoms with Crippen LogP contribution in [0.2, 0.25) is 0 Å². The second-order valence-corrected chi connectivity index (χ2v) is 7.80. The SMILES string of the molecule is Cc1ncc(CN2CCC[C@H](c3n[nH]c(=O)n3-c3ccccc3)C2)s1. The zero-order valence-corrected chi connectivity index (χ0v) is 15.0. The number of nitrogens with zero attached hydrogens (tertiary/aromatic N) is 4. The number of para-hydroxylation sites is 1. The molecule has 1 fully saturated rings. The minimum Gasteiger partial charge on any atom is -0.297 e. The second kappa shape index (κ2) is 6.93. The van der Waals surface area contributed by atoms with Gasteiger partial charge in [-0.3, -0.25) is 4.90 Å². The Morgan fingerprint density at radius 2 is 2.16 bits per heavy atom. The Balaban J connectivity index is 1.57. The van der Waals surface area contributed by atoms with Gasteiger partial charge in [-0.05, 0) is 38.4 Å². The van der Waals surface area contributed by atoms with Gasteiger partial charge in [0, 0.05) is 30.1 Å². The van der Waals surface area contributed by atoms with Crippen molar-refractivity contribution in [1.29, 1.82) is 0 Å². The highest BCUT2D eigenvalue weighted by Crippen LogP contribution is 2.27. The van der Waals surface area contributed by atoms with E-state index in [1.165, 1.54) is 4.88 Å². The van der Waals surface area contributed by atoms with E-state index in [0.717, 1.165) is 49.0 Å². The average Bonchev–Trinajstić information content (AvgIpc) is 3.21. The lowest BCUT2D eigenvalue weighted by molar-refractivity contribution is 0.197. The van der Waals surface area contributed by atoms with Gasteiger partial charge >= 0.3 is 5.69 Å². The van der Waals surface area contributed by atoms with Gasteiger partial charge in [0.1, 0.15) is 5.82 Å². The molecule has 0 unspecified atom stereocenters. The Morgan fingerprint density at radius 1 is 1.32 bits per heavy atom. The lowest BCUT2D eigenvalue weighted by atomic mass is 9.97. The van der Waals surface area contributed by atoms with Gasteiger partial charge < -0.3 is 0 Å². The molecule has 1 aliphatic rings. The Morgan fingerprint density at radius 3 is 2.92 bits per heavy atom. The van der Waals surface area contributed by atoms with Crippen molar-refractivity contribution < 1.29 is 0 Å². The van der Waals surface area contributed by atoms with Crippen LogP contribution in [0.4, 0.5) is 0 Å². The molecule has 130 valence electrons. The average molecular weight is 355 g/mol. The molecule has 1 N–H and O–H groups in total. The van der Waals surface area contributed by atoms with Crippen LogP contribution in [0, 0.1) is 6.92 Å². The van der Waals surface area contributed by atoms with Gasteiger partial charge in [-0.15, -0.1) is 11.3 Å². The van der Waals surface area contributed by atoms with Crippen molar-refractivity contribution in [3.63, 3.8) is 0 Å². The first-order valence-electron chi connectivity index (χ1n) is 8.57. The number of hydrogen-bond acceptors (Lipinski definition) is 5. The van der Waals surface area contributed by atoms with Crippen LogP contribution in [0.15, 0.2) is 41.3 Å². The van der Waals surface area contributed by atoms with E-state index in [9.17, 15) is 4.79 Å². The van der Waals surface area contributed by atoms with Crippen molar-refractivity contribution in [2.75, 3.05) is 13.1 Å². The summed E-state index contributed by atoms with van der Waals surface area (Å²) in [6, 6.07) is 9.73. The number of rotatable bonds is 4. The summed E-state index contributed by atoms with van der Waals surface area (Å²) in [5.74, 6) is 1.09. The van der Waals surface area contributed by atoms with Gasteiger partial charge in [-0.25, -0.2) is 19.4 Å². The van der Waals surface area contributed by atoms with E-state index in [4.69, 9.17) is 0 Å². The van der Waals surface area contributed by atoms with E-state index in [-0.39, 0.29) is 11.6 Å². The van der Waals surface area contributed by atoms with Gasteiger partial charge in [-0.2, -0.15) is 5.10 Å². The highest BCUT2D eigenvalue weighted by Gasteiger charge is 2.27. The van der Waals surface area contributed by atoms with E-state index in [2.05, 4.69) is 20.1 Å². The van der Waals surface area contributed by atoms with Crippen LogP contribution in [0.3, 0.4) is 0 Å². The third-order valence-electron chi connectivity index (χ3n) is 4.63. The molecule has 7 heteroatoms. The minimum absolute atomic E-state index is 0.170. The highest BCUT2D eigenvalue weighted by molar-refractivity contribution is 7.11. The lowest BCUT2D eigenvalue weighted by Gasteiger charge is -2.31. The normalized spacial score (nSPS) is 18.5. The molecule has 3 aromatic rings. The molecule has 2 aromatic heterocycles. The van der Waals surface area contributed by atoms with Crippen molar-refractivity contribution in [3.8, 4) is 5.69 Å². The quantitative estimate of drug-likeness (QED) is 0.781. The number of hydrogen-bond donors (Lipinski definition) is 1. The fourth-order valence-electron chi connectivity index (χ4n) is 3.52. The topological polar surface area (TPSA) is 66.8 Å².